The molecule has 2 aliphatic rings. The molecular weight excluding hydrogens is 508 g/mol. The van der Waals surface area contributed by atoms with Crippen molar-refractivity contribution in [3.05, 3.63) is 83.9 Å². The van der Waals surface area contributed by atoms with Crippen molar-refractivity contribution in [3.63, 3.8) is 0 Å². The molecule has 11 heteroatoms. The number of benzene rings is 3. The summed E-state index contributed by atoms with van der Waals surface area (Å²) in [5.74, 6) is 1.33. The highest BCUT2D eigenvalue weighted by atomic mass is 35.5. The van der Waals surface area contributed by atoms with Crippen molar-refractivity contribution in [1.82, 2.24) is 4.72 Å². The summed E-state index contributed by atoms with van der Waals surface area (Å²) in [7, 11) is -3.80. The van der Waals surface area contributed by atoms with Gasteiger partial charge in [0.2, 0.25) is 10.0 Å². The van der Waals surface area contributed by atoms with Gasteiger partial charge in [0.15, 0.2) is 6.10 Å². The fourth-order valence-electron chi connectivity index (χ4n) is 4.06. The third-order valence-corrected chi connectivity index (χ3v) is 7.53. The Morgan fingerprint density at radius 1 is 0.861 bits per heavy atom. The maximum atomic E-state index is 12.7. The molecule has 2 saturated heterocycles. The monoisotopic (exact) mass is 530 g/mol. The molecule has 0 spiro atoms. The minimum Gasteiger partial charge on any atom is -0.457 e. The molecule has 4 atom stereocenters. The van der Waals surface area contributed by atoms with Gasteiger partial charge in [-0.15, -0.1) is 0 Å². The van der Waals surface area contributed by atoms with E-state index < -0.39 is 40.5 Å². The third-order valence-electron chi connectivity index (χ3n) is 5.78. The number of ether oxygens (including phenoxy) is 4. The lowest BCUT2D eigenvalue weighted by Gasteiger charge is -2.18. The zero-order valence-electron chi connectivity index (χ0n) is 18.9. The first kappa shape index (κ1) is 24.5. The van der Waals surface area contributed by atoms with E-state index >= 15 is 0 Å². The van der Waals surface area contributed by atoms with Crippen LogP contribution in [-0.4, -0.2) is 52.1 Å². The van der Waals surface area contributed by atoms with Crippen LogP contribution in [0.2, 0.25) is 5.02 Å². The first-order chi connectivity index (χ1) is 17.4. The quantitative estimate of drug-likeness (QED) is 0.471. The first-order valence-corrected chi connectivity index (χ1v) is 13.1. The number of carbonyl (C=O) groups is 1. The molecule has 3 aromatic carbocycles. The molecule has 3 aromatic rings. The van der Waals surface area contributed by atoms with Crippen LogP contribution in [0.5, 0.6) is 11.5 Å². The molecule has 0 radical (unpaired) electrons. The predicted molar refractivity (Wildman–Crippen MR) is 132 cm³/mol. The Balaban J connectivity index is 1.14. The summed E-state index contributed by atoms with van der Waals surface area (Å²) in [4.78, 5) is 12.5. The smallest absolute Gasteiger partial charge is 0.412 e. The number of para-hydroxylation sites is 1. The summed E-state index contributed by atoms with van der Waals surface area (Å²) < 4.78 is 50.7. The second-order valence-electron chi connectivity index (χ2n) is 8.29. The van der Waals surface area contributed by atoms with E-state index in [4.69, 9.17) is 30.5 Å². The van der Waals surface area contributed by atoms with Crippen molar-refractivity contribution in [2.45, 2.75) is 29.2 Å². The highest BCUT2D eigenvalue weighted by molar-refractivity contribution is 7.89. The number of amides is 1. The topological polar surface area (TPSA) is 112 Å². The molecule has 5 rings (SSSR count). The van der Waals surface area contributed by atoms with Crippen molar-refractivity contribution >= 4 is 33.4 Å². The Morgan fingerprint density at radius 2 is 1.53 bits per heavy atom. The van der Waals surface area contributed by atoms with Crippen molar-refractivity contribution in [1.29, 1.82) is 0 Å². The molecule has 2 fully saturated rings. The Hall–Kier alpha value is -3.15. The molecule has 36 heavy (non-hydrogen) atoms. The predicted octanol–water partition coefficient (Wildman–Crippen LogP) is 4.19. The van der Waals surface area contributed by atoms with Gasteiger partial charge in [0.05, 0.1) is 24.2 Å². The average Bonchev–Trinajstić information content (AvgIpc) is 3.44. The van der Waals surface area contributed by atoms with Crippen LogP contribution < -0.4 is 14.8 Å². The maximum absolute atomic E-state index is 12.7. The molecule has 2 N–H and O–H groups in total. The van der Waals surface area contributed by atoms with Gasteiger partial charge in [-0.2, -0.15) is 0 Å². The fraction of sp³-hybridized carbons (Fsp3) is 0.240. The molecule has 0 aromatic heterocycles. The molecule has 2 heterocycles. The summed E-state index contributed by atoms with van der Waals surface area (Å²) in [5, 5.41) is 3.10. The van der Waals surface area contributed by atoms with Crippen LogP contribution in [0.1, 0.15) is 0 Å². The van der Waals surface area contributed by atoms with Gasteiger partial charge in [0.1, 0.15) is 23.7 Å². The highest BCUT2D eigenvalue weighted by Crippen LogP contribution is 2.30. The van der Waals surface area contributed by atoms with E-state index in [1.54, 1.807) is 24.3 Å². The SMILES string of the molecule is O=C(Nc1ccc(Oc2ccccc2)cc1)OC1COC2C(NS(=O)(=O)c3ccc(Cl)cc3)COC12. The van der Waals surface area contributed by atoms with Crippen LogP contribution in [0.15, 0.2) is 83.8 Å². The van der Waals surface area contributed by atoms with Gasteiger partial charge in [0.25, 0.3) is 0 Å². The third kappa shape index (κ3) is 5.63. The highest BCUT2D eigenvalue weighted by Gasteiger charge is 2.50. The number of hydrogen-bond acceptors (Lipinski definition) is 7. The summed E-state index contributed by atoms with van der Waals surface area (Å²) >= 11 is 5.84. The van der Waals surface area contributed by atoms with Crippen LogP contribution >= 0.6 is 11.6 Å². The van der Waals surface area contributed by atoms with Crippen LogP contribution in [0.25, 0.3) is 0 Å². The lowest BCUT2D eigenvalue weighted by Crippen LogP contribution is -2.44. The van der Waals surface area contributed by atoms with E-state index in [9.17, 15) is 13.2 Å². The Labute approximate surface area is 213 Å². The van der Waals surface area contributed by atoms with Gasteiger partial charge in [-0.1, -0.05) is 29.8 Å². The fourth-order valence-corrected chi connectivity index (χ4v) is 5.42. The maximum Gasteiger partial charge on any atom is 0.412 e. The minimum absolute atomic E-state index is 0.0840. The average molecular weight is 531 g/mol. The standard InChI is InChI=1S/C25H23ClN2O7S/c26-16-6-12-20(13-7-16)36(30,31)28-21-14-32-24-22(15-33-23(21)24)35-25(29)27-17-8-10-19(11-9-17)34-18-4-2-1-3-5-18/h1-13,21-24,28H,14-15H2,(H,27,29). The normalized spacial score (nSPS) is 23.1. The number of anilines is 1. The van der Waals surface area contributed by atoms with E-state index in [1.807, 2.05) is 30.3 Å². The summed E-state index contributed by atoms with van der Waals surface area (Å²) in [5.41, 5.74) is 0.525. The van der Waals surface area contributed by atoms with Crippen LogP contribution in [0.4, 0.5) is 10.5 Å². The Kier molecular flexibility index (Phi) is 7.13. The van der Waals surface area contributed by atoms with Crippen LogP contribution in [0.3, 0.4) is 0 Å². The van der Waals surface area contributed by atoms with Crippen LogP contribution in [-0.2, 0) is 24.2 Å². The van der Waals surface area contributed by atoms with Crippen molar-refractivity contribution in [2.24, 2.45) is 0 Å². The number of halogens is 1. The molecule has 0 aliphatic carbocycles. The number of carbonyl (C=O) groups excluding carboxylic acids is 1. The molecule has 188 valence electrons. The minimum atomic E-state index is -3.80. The zero-order valence-corrected chi connectivity index (χ0v) is 20.4. The summed E-state index contributed by atoms with van der Waals surface area (Å²) in [6, 6.07) is 21.4. The number of rotatable bonds is 7. The number of fused-ring (bicyclic) bond motifs is 1. The number of nitrogens with one attached hydrogen (secondary N) is 2. The molecule has 4 unspecified atom stereocenters. The van der Waals surface area contributed by atoms with E-state index in [0.29, 0.717) is 22.2 Å². The molecule has 9 nitrogen and oxygen atoms in total. The van der Waals surface area contributed by atoms with E-state index in [1.165, 1.54) is 24.3 Å². The van der Waals surface area contributed by atoms with E-state index in [2.05, 4.69) is 10.0 Å². The van der Waals surface area contributed by atoms with Gasteiger partial charge in [0, 0.05) is 10.7 Å². The molecule has 1 amide bonds. The zero-order chi connectivity index (χ0) is 25.1. The number of sulfonamides is 1. The van der Waals surface area contributed by atoms with E-state index in [0.717, 1.165) is 0 Å². The van der Waals surface area contributed by atoms with Gasteiger partial charge < -0.3 is 18.9 Å². The van der Waals surface area contributed by atoms with Gasteiger partial charge >= 0.3 is 6.09 Å². The van der Waals surface area contributed by atoms with Crippen molar-refractivity contribution < 1.29 is 32.2 Å². The molecular formula is C25H23ClN2O7S. The molecule has 0 bridgehead atoms. The molecule has 2 aliphatic heterocycles. The van der Waals surface area contributed by atoms with E-state index in [-0.39, 0.29) is 18.1 Å². The molecule has 0 saturated carbocycles. The first-order valence-electron chi connectivity index (χ1n) is 11.2. The van der Waals surface area contributed by atoms with Crippen molar-refractivity contribution in [3.8, 4) is 11.5 Å². The second-order valence-corrected chi connectivity index (χ2v) is 10.4. The number of hydrogen-bond donors (Lipinski definition) is 2. The summed E-state index contributed by atoms with van der Waals surface area (Å²) in [6.07, 6.45) is -2.52. The Bertz CT molecular complexity index is 1300. The Morgan fingerprint density at radius 3 is 2.25 bits per heavy atom. The second kappa shape index (κ2) is 10.5. The van der Waals surface area contributed by atoms with Crippen LogP contribution in [0, 0.1) is 0 Å². The lowest BCUT2D eigenvalue weighted by atomic mass is 10.1. The van der Waals surface area contributed by atoms with Gasteiger partial charge in [-0.25, -0.2) is 17.9 Å². The largest absolute Gasteiger partial charge is 0.457 e. The lowest BCUT2D eigenvalue weighted by molar-refractivity contribution is 0.00883. The van der Waals surface area contributed by atoms with Gasteiger partial charge in [-0.3, -0.25) is 5.32 Å². The summed E-state index contributed by atoms with van der Waals surface area (Å²) in [6.45, 7) is 0.179. The van der Waals surface area contributed by atoms with Gasteiger partial charge in [-0.05, 0) is 60.7 Å². The van der Waals surface area contributed by atoms with Crippen molar-refractivity contribution in [2.75, 3.05) is 18.5 Å².